The first-order valence-electron chi connectivity index (χ1n) is 10.2. The van der Waals surface area contributed by atoms with E-state index in [1.54, 1.807) is 11.6 Å². The molecule has 4 heterocycles. The zero-order valence-electron chi connectivity index (χ0n) is 17.0. The maximum atomic E-state index is 12.5. The summed E-state index contributed by atoms with van der Waals surface area (Å²) >= 11 is 0. The van der Waals surface area contributed by atoms with Crippen LogP contribution in [0.2, 0.25) is 0 Å². The number of nitrogens with zero attached hydrogens (tertiary/aromatic N) is 5. The molecule has 5 rings (SSSR count). The number of hydrogen-bond donors (Lipinski definition) is 0. The molecule has 0 unspecified atom stereocenters. The molecular formula is C20H23N5O5S. The number of rotatable bonds is 6. The molecule has 0 bridgehead atoms. The van der Waals surface area contributed by atoms with E-state index < -0.39 is 10.0 Å². The molecule has 2 aliphatic heterocycles. The van der Waals surface area contributed by atoms with Gasteiger partial charge in [-0.1, -0.05) is 5.16 Å². The third kappa shape index (κ3) is 4.08. The second-order valence-electron chi connectivity index (χ2n) is 7.81. The first kappa shape index (κ1) is 20.2. The van der Waals surface area contributed by atoms with Gasteiger partial charge in [0.05, 0.1) is 19.4 Å². The molecule has 0 radical (unpaired) electrons. The van der Waals surface area contributed by atoms with Gasteiger partial charge in [-0.2, -0.15) is 9.29 Å². The maximum Gasteiger partial charge on any atom is 0.262 e. The summed E-state index contributed by atoms with van der Waals surface area (Å²) in [5.74, 6) is 2.12. The third-order valence-electron chi connectivity index (χ3n) is 5.53. The minimum absolute atomic E-state index is 0.0537. The van der Waals surface area contributed by atoms with Crippen LogP contribution in [0.25, 0.3) is 11.4 Å². The van der Waals surface area contributed by atoms with Gasteiger partial charge in [0.15, 0.2) is 5.03 Å². The van der Waals surface area contributed by atoms with Crippen molar-refractivity contribution in [3.8, 4) is 17.1 Å². The Hall–Kier alpha value is -2.76. The highest BCUT2D eigenvalue weighted by Gasteiger charge is 2.39. The Labute approximate surface area is 179 Å². The van der Waals surface area contributed by atoms with Gasteiger partial charge in [-0.15, -0.1) is 0 Å². The van der Waals surface area contributed by atoms with Crippen LogP contribution >= 0.6 is 0 Å². The van der Waals surface area contributed by atoms with E-state index in [4.69, 9.17) is 14.0 Å². The number of hydrogen-bond acceptors (Lipinski definition) is 8. The number of aryl methyl sites for hydroxylation is 1. The van der Waals surface area contributed by atoms with Crippen LogP contribution in [-0.2, 0) is 21.8 Å². The van der Waals surface area contributed by atoms with Gasteiger partial charge in [0.1, 0.15) is 11.9 Å². The molecule has 0 N–H and O–H groups in total. The Morgan fingerprint density at radius 2 is 1.87 bits per heavy atom. The Morgan fingerprint density at radius 1 is 1.13 bits per heavy atom. The lowest BCUT2D eigenvalue weighted by molar-refractivity contribution is 0.0760. The highest BCUT2D eigenvalue weighted by Crippen LogP contribution is 2.29. The quantitative estimate of drug-likeness (QED) is 0.565. The minimum Gasteiger partial charge on any atom is -0.488 e. The first-order valence-corrected chi connectivity index (χ1v) is 11.6. The van der Waals surface area contributed by atoms with Crippen molar-refractivity contribution in [2.75, 3.05) is 26.3 Å². The Kier molecular flexibility index (Phi) is 5.24. The van der Waals surface area contributed by atoms with Crippen molar-refractivity contribution >= 4 is 10.0 Å². The molecule has 2 fully saturated rings. The second-order valence-corrected chi connectivity index (χ2v) is 9.69. The van der Waals surface area contributed by atoms with Gasteiger partial charge in [-0.25, -0.2) is 13.4 Å². The minimum atomic E-state index is -3.57. The van der Waals surface area contributed by atoms with Crippen molar-refractivity contribution in [2.45, 2.75) is 29.9 Å². The van der Waals surface area contributed by atoms with Crippen LogP contribution in [0.4, 0.5) is 0 Å². The average molecular weight is 446 g/mol. The first-order chi connectivity index (χ1) is 15.0. The summed E-state index contributed by atoms with van der Waals surface area (Å²) in [7, 11) is -1.84. The summed E-state index contributed by atoms with van der Waals surface area (Å²) in [5.41, 5.74) is 0.836. The van der Waals surface area contributed by atoms with Gasteiger partial charge in [0.25, 0.3) is 10.0 Å². The standard InChI is InChI=1S/C20H23N5O5S/c1-24-12-18(21-13-24)31(26,27)25-10-17(11-25)29-16-4-2-14(3-5-16)19-22-20(30-23-19)15-6-8-28-9-7-15/h2-5,12-13,15,17H,6-11H2,1H3. The molecule has 31 heavy (non-hydrogen) atoms. The van der Waals surface area contributed by atoms with E-state index >= 15 is 0 Å². The predicted molar refractivity (Wildman–Crippen MR) is 109 cm³/mol. The van der Waals surface area contributed by atoms with Gasteiger partial charge >= 0.3 is 0 Å². The molecule has 10 nitrogen and oxygen atoms in total. The van der Waals surface area contributed by atoms with Crippen molar-refractivity contribution in [3.63, 3.8) is 0 Å². The van der Waals surface area contributed by atoms with Crippen LogP contribution in [-0.4, -0.2) is 64.8 Å². The van der Waals surface area contributed by atoms with Crippen LogP contribution in [0.3, 0.4) is 0 Å². The summed E-state index contributed by atoms with van der Waals surface area (Å²) in [6, 6.07) is 7.40. The van der Waals surface area contributed by atoms with Gasteiger partial charge in [0, 0.05) is 37.9 Å². The summed E-state index contributed by atoms with van der Waals surface area (Å²) in [5, 5.41) is 4.15. The third-order valence-corrected chi connectivity index (χ3v) is 7.24. The molecule has 0 aliphatic carbocycles. The van der Waals surface area contributed by atoms with Crippen LogP contribution in [0, 0.1) is 0 Å². The van der Waals surface area contributed by atoms with E-state index in [1.807, 2.05) is 24.3 Å². The van der Waals surface area contributed by atoms with Crippen LogP contribution in [0.5, 0.6) is 5.75 Å². The topological polar surface area (TPSA) is 113 Å². The zero-order chi connectivity index (χ0) is 21.4. The highest BCUT2D eigenvalue weighted by atomic mass is 32.2. The Balaban J connectivity index is 1.18. The molecule has 0 spiro atoms. The van der Waals surface area contributed by atoms with Crippen LogP contribution in [0.15, 0.2) is 46.3 Å². The molecule has 164 valence electrons. The molecule has 11 heteroatoms. The van der Waals surface area contributed by atoms with Crippen molar-refractivity contribution in [1.82, 2.24) is 24.0 Å². The number of ether oxygens (including phenoxy) is 2. The molecule has 1 aromatic carbocycles. The lowest BCUT2D eigenvalue weighted by Crippen LogP contribution is -2.56. The average Bonchev–Trinajstić information content (AvgIpc) is 3.41. The fraction of sp³-hybridized carbons (Fsp3) is 0.450. The Morgan fingerprint density at radius 3 is 2.55 bits per heavy atom. The molecular weight excluding hydrogens is 422 g/mol. The van der Waals surface area contributed by atoms with Gasteiger partial charge in [-0.3, -0.25) is 0 Å². The van der Waals surface area contributed by atoms with Gasteiger partial charge in [0.2, 0.25) is 11.7 Å². The SMILES string of the molecule is Cn1cnc(S(=O)(=O)N2CC(Oc3ccc(-c4noc(C5CCOCC5)n4)cc3)C2)c1. The molecule has 0 atom stereocenters. The number of aromatic nitrogens is 4. The number of sulfonamides is 1. The van der Waals surface area contributed by atoms with E-state index in [0.717, 1.165) is 31.6 Å². The summed E-state index contributed by atoms with van der Waals surface area (Å²) in [6.07, 6.45) is 4.55. The van der Waals surface area contributed by atoms with Crippen molar-refractivity contribution in [1.29, 1.82) is 0 Å². The lowest BCUT2D eigenvalue weighted by Gasteiger charge is -2.37. The number of imidazole rings is 1. The fourth-order valence-corrected chi connectivity index (χ4v) is 5.13. The van der Waals surface area contributed by atoms with E-state index in [9.17, 15) is 8.42 Å². The molecule has 2 saturated heterocycles. The largest absolute Gasteiger partial charge is 0.488 e. The zero-order valence-corrected chi connectivity index (χ0v) is 17.9. The van der Waals surface area contributed by atoms with E-state index in [-0.39, 0.29) is 17.0 Å². The summed E-state index contributed by atoms with van der Waals surface area (Å²) in [4.78, 5) is 8.47. The summed E-state index contributed by atoms with van der Waals surface area (Å²) in [6.45, 7) is 2.02. The maximum absolute atomic E-state index is 12.5. The van der Waals surface area contributed by atoms with Crippen molar-refractivity contribution in [3.05, 3.63) is 42.7 Å². The molecule has 3 aromatic rings. The molecule has 0 saturated carbocycles. The van der Waals surface area contributed by atoms with Gasteiger partial charge in [-0.05, 0) is 37.1 Å². The van der Waals surface area contributed by atoms with Crippen LogP contribution in [0.1, 0.15) is 24.7 Å². The second kappa shape index (κ2) is 8.06. The normalized spacial score (nSPS) is 18.7. The van der Waals surface area contributed by atoms with Gasteiger partial charge < -0.3 is 18.6 Å². The van der Waals surface area contributed by atoms with Crippen molar-refractivity contribution in [2.24, 2.45) is 7.05 Å². The monoisotopic (exact) mass is 445 g/mol. The number of benzene rings is 1. The summed E-state index contributed by atoms with van der Waals surface area (Å²) < 4.78 is 44.7. The smallest absolute Gasteiger partial charge is 0.262 e. The van der Waals surface area contributed by atoms with E-state index in [2.05, 4.69) is 15.1 Å². The van der Waals surface area contributed by atoms with Crippen molar-refractivity contribution < 1.29 is 22.4 Å². The van der Waals surface area contributed by atoms with E-state index in [0.29, 0.717) is 30.6 Å². The van der Waals surface area contributed by atoms with Crippen LogP contribution < -0.4 is 4.74 Å². The molecule has 2 aliphatic rings. The molecule has 0 amide bonds. The fourth-order valence-electron chi connectivity index (χ4n) is 3.66. The predicted octanol–water partition coefficient (Wildman–Crippen LogP) is 1.82. The molecule has 2 aromatic heterocycles. The van der Waals surface area contributed by atoms with E-state index in [1.165, 1.54) is 16.8 Å². The lowest BCUT2D eigenvalue weighted by atomic mass is 10.0. The highest BCUT2D eigenvalue weighted by molar-refractivity contribution is 7.89. The Bertz CT molecular complexity index is 1140.